The van der Waals surface area contributed by atoms with Crippen molar-refractivity contribution in [3.8, 4) is 17.0 Å². The van der Waals surface area contributed by atoms with Gasteiger partial charge in [-0.15, -0.1) is 0 Å². The molecule has 5 amide bonds. The average Bonchev–Trinajstić information content (AvgIpc) is 3.33. The Morgan fingerprint density at radius 1 is 1.11 bits per heavy atom. The van der Waals surface area contributed by atoms with Gasteiger partial charge in [0.05, 0.1) is 24.9 Å². The number of ether oxygens (including phenoxy) is 1. The molecule has 35 heavy (non-hydrogen) atoms. The number of aromatic nitrogens is 1. The average molecular weight is 471 g/mol. The van der Waals surface area contributed by atoms with E-state index in [1.807, 2.05) is 6.07 Å². The molecule has 1 aromatic heterocycles. The molecule has 176 valence electrons. The minimum Gasteiger partial charge on any atom is -0.497 e. The van der Waals surface area contributed by atoms with Crippen molar-refractivity contribution in [3.05, 3.63) is 83.0 Å². The second kappa shape index (κ2) is 8.24. The Morgan fingerprint density at radius 3 is 2.49 bits per heavy atom. The van der Waals surface area contributed by atoms with Crippen LogP contribution in [0, 0.1) is 0 Å². The monoisotopic (exact) mass is 471 g/mol. The van der Waals surface area contributed by atoms with E-state index < -0.39 is 23.4 Å². The lowest BCUT2D eigenvalue weighted by Gasteiger charge is -2.31. The van der Waals surface area contributed by atoms with Crippen LogP contribution >= 0.6 is 0 Å². The number of nitrogens with zero attached hydrogens (tertiary/aromatic N) is 2. The van der Waals surface area contributed by atoms with Crippen molar-refractivity contribution in [2.45, 2.75) is 12.1 Å². The molecule has 0 spiro atoms. The van der Waals surface area contributed by atoms with E-state index in [9.17, 15) is 19.2 Å². The number of hydrogen-bond donors (Lipinski definition) is 3. The van der Waals surface area contributed by atoms with Crippen LogP contribution in [0.15, 0.2) is 60.8 Å². The van der Waals surface area contributed by atoms with Crippen molar-refractivity contribution in [2.24, 2.45) is 5.73 Å². The molecule has 10 heteroatoms. The highest BCUT2D eigenvalue weighted by Gasteiger charge is 2.50. The van der Waals surface area contributed by atoms with Crippen molar-refractivity contribution < 1.29 is 23.9 Å². The quantitative estimate of drug-likeness (QED) is 0.466. The number of benzene rings is 2. The van der Waals surface area contributed by atoms with Gasteiger partial charge in [-0.25, -0.2) is 4.79 Å². The van der Waals surface area contributed by atoms with E-state index in [1.165, 1.54) is 18.2 Å². The zero-order valence-electron chi connectivity index (χ0n) is 18.7. The molecule has 4 N–H and O–H groups in total. The van der Waals surface area contributed by atoms with Crippen LogP contribution in [0.3, 0.4) is 0 Å². The molecule has 2 aliphatic rings. The SMILES string of the molecule is COc1ccc2c(c1)C(=O)N(C[C@@]1(c3ccc(-c4ccc(C(N)=O)cn4)cc3)NC(=O)NC1=O)C2. The van der Waals surface area contributed by atoms with Crippen LogP contribution in [-0.2, 0) is 16.9 Å². The Balaban J connectivity index is 1.45. The third-order valence-electron chi connectivity index (χ3n) is 6.29. The first-order valence-corrected chi connectivity index (χ1v) is 10.8. The first-order valence-electron chi connectivity index (χ1n) is 10.8. The number of carbonyl (C=O) groups excluding carboxylic acids is 4. The first-order chi connectivity index (χ1) is 16.8. The number of methoxy groups -OCH3 is 1. The second-order valence-corrected chi connectivity index (χ2v) is 8.37. The van der Waals surface area contributed by atoms with Crippen LogP contribution < -0.4 is 21.1 Å². The molecule has 0 bridgehead atoms. The van der Waals surface area contributed by atoms with Gasteiger partial charge in [0.2, 0.25) is 5.91 Å². The minimum absolute atomic E-state index is 0.0503. The number of fused-ring (bicyclic) bond motifs is 1. The molecule has 0 saturated carbocycles. The number of urea groups is 1. The number of imide groups is 1. The third-order valence-corrected chi connectivity index (χ3v) is 6.29. The van der Waals surface area contributed by atoms with Gasteiger partial charge in [-0.3, -0.25) is 24.7 Å². The van der Waals surface area contributed by atoms with Gasteiger partial charge >= 0.3 is 6.03 Å². The summed E-state index contributed by atoms with van der Waals surface area (Å²) in [5.41, 5.74) is 7.28. The maximum absolute atomic E-state index is 13.1. The molecule has 0 radical (unpaired) electrons. The lowest BCUT2D eigenvalue weighted by Crippen LogP contribution is -2.52. The molecule has 3 aromatic rings. The molecule has 0 unspecified atom stereocenters. The third kappa shape index (κ3) is 3.74. The number of carbonyl (C=O) groups is 4. The van der Waals surface area contributed by atoms with Gasteiger partial charge in [-0.2, -0.15) is 0 Å². The van der Waals surface area contributed by atoms with E-state index >= 15 is 0 Å². The van der Waals surface area contributed by atoms with Crippen molar-refractivity contribution in [1.29, 1.82) is 0 Å². The van der Waals surface area contributed by atoms with Gasteiger partial charge in [0, 0.05) is 23.9 Å². The number of rotatable bonds is 6. The Hall–Kier alpha value is -4.73. The van der Waals surface area contributed by atoms with E-state index in [0.29, 0.717) is 34.7 Å². The lowest BCUT2D eigenvalue weighted by molar-refractivity contribution is -0.124. The molecule has 10 nitrogen and oxygen atoms in total. The summed E-state index contributed by atoms with van der Waals surface area (Å²) in [6.07, 6.45) is 1.39. The highest BCUT2D eigenvalue weighted by atomic mass is 16.5. The maximum atomic E-state index is 13.1. The summed E-state index contributed by atoms with van der Waals surface area (Å²) >= 11 is 0. The maximum Gasteiger partial charge on any atom is 0.322 e. The number of hydrogen-bond acceptors (Lipinski definition) is 6. The van der Waals surface area contributed by atoms with E-state index in [4.69, 9.17) is 10.5 Å². The summed E-state index contributed by atoms with van der Waals surface area (Å²) in [5.74, 6) is -0.793. The van der Waals surface area contributed by atoms with Gasteiger partial charge in [0.1, 0.15) is 5.75 Å². The minimum atomic E-state index is -1.46. The molecule has 1 atom stereocenters. The van der Waals surface area contributed by atoms with Gasteiger partial charge in [-0.1, -0.05) is 30.3 Å². The fraction of sp³-hybridized carbons (Fsp3) is 0.160. The highest BCUT2D eigenvalue weighted by Crippen LogP contribution is 2.33. The number of nitrogens with one attached hydrogen (secondary N) is 2. The van der Waals surface area contributed by atoms with Crippen molar-refractivity contribution in [2.75, 3.05) is 13.7 Å². The second-order valence-electron chi connectivity index (χ2n) is 8.37. The summed E-state index contributed by atoms with van der Waals surface area (Å²) in [4.78, 5) is 55.4. The van der Waals surface area contributed by atoms with Crippen molar-refractivity contribution in [3.63, 3.8) is 0 Å². The highest BCUT2D eigenvalue weighted by molar-refractivity contribution is 6.08. The van der Waals surface area contributed by atoms with Crippen LogP contribution in [0.1, 0.15) is 31.8 Å². The van der Waals surface area contributed by atoms with Crippen LogP contribution in [0.4, 0.5) is 4.79 Å². The molecule has 3 heterocycles. The van der Waals surface area contributed by atoms with E-state index in [1.54, 1.807) is 48.5 Å². The smallest absolute Gasteiger partial charge is 0.322 e. The zero-order valence-corrected chi connectivity index (χ0v) is 18.7. The summed E-state index contributed by atoms with van der Waals surface area (Å²) in [6, 6.07) is 14.8. The Kier molecular flexibility index (Phi) is 5.20. The topological polar surface area (TPSA) is 144 Å². The number of nitrogens with two attached hydrogens (primary N) is 1. The van der Waals surface area contributed by atoms with Crippen molar-refractivity contribution in [1.82, 2.24) is 20.5 Å². The number of amides is 5. The number of pyridine rings is 1. The fourth-order valence-electron chi connectivity index (χ4n) is 4.41. The van der Waals surface area contributed by atoms with Gasteiger partial charge in [0.25, 0.3) is 11.8 Å². The van der Waals surface area contributed by atoms with E-state index in [0.717, 1.165) is 11.1 Å². The Labute approximate surface area is 200 Å². The lowest BCUT2D eigenvalue weighted by atomic mass is 9.88. The summed E-state index contributed by atoms with van der Waals surface area (Å²) < 4.78 is 5.22. The summed E-state index contributed by atoms with van der Waals surface area (Å²) in [5, 5.41) is 5.02. The predicted molar refractivity (Wildman–Crippen MR) is 124 cm³/mol. The van der Waals surface area contributed by atoms with Crippen LogP contribution in [0.2, 0.25) is 0 Å². The summed E-state index contributed by atoms with van der Waals surface area (Å²) in [6.45, 7) is 0.253. The normalized spacial score (nSPS) is 18.8. The van der Waals surface area contributed by atoms with Crippen molar-refractivity contribution >= 4 is 23.8 Å². The molecular formula is C25H21N5O5. The standard InChI is InChI=1S/C25H21N5O5/c1-35-18-8-4-16-12-30(22(32)19(16)10-18)13-25(23(33)28-24(34)29-25)17-6-2-14(3-7-17)20-9-5-15(11-27-20)21(26)31/h2-11H,12-13H2,1H3,(H2,26,31)(H2,28,29,33,34)/t25-/m0/s1. The van der Waals surface area contributed by atoms with Gasteiger partial charge in [-0.05, 0) is 35.4 Å². The van der Waals surface area contributed by atoms with E-state index in [-0.39, 0.29) is 12.5 Å². The van der Waals surface area contributed by atoms with Crippen LogP contribution in [0.5, 0.6) is 5.75 Å². The zero-order chi connectivity index (χ0) is 24.7. The molecule has 1 saturated heterocycles. The number of primary amides is 1. The van der Waals surface area contributed by atoms with Crippen LogP contribution in [-0.4, -0.2) is 47.3 Å². The molecule has 2 aliphatic heterocycles. The van der Waals surface area contributed by atoms with E-state index in [2.05, 4.69) is 15.6 Å². The first kappa shape index (κ1) is 22.1. The Morgan fingerprint density at radius 2 is 1.89 bits per heavy atom. The summed E-state index contributed by atoms with van der Waals surface area (Å²) in [7, 11) is 1.53. The van der Waals surface area contributed by atoms with Crippen LogP contribution in [0.25, 0.3) is 11.3 Å². The Bertz CT molecular complexity index is 1370. The van der Waals surface area contributed by atoms with Gasteiger partial charge < -0.3 is 20.7 Å². The largest absolute Gasteiger partial charge is 0.497 e. The fourth-order valence-corrected chi connectivity index (χ4v) is 4.41. The molecule has 5 rings (SSSR count). The van der Waals surface area contributed by atoms with Gasteiger partial charge in [0.15, 0.2) is 5.54 Å². The molecule has 0 aliphatic carbocycles. The molecule has 1 fully saturated rings. The molecular weight excluding hydrogens is 450 g/mol. The molecule has 2 aromatic carbocycles. The predicted octanol–water partition coefficient (Wildman–Crippen LogP) is 1.55.